The average Bonchev–Trinajstić information content (AvgIpc) is 2.14. The Morgan fingerprint density at radius 1 is 1.56 bits per heavy atom. The maximum atomic E-state index is 10.7. The zero-order valence-corrected chi connectivity index (χ0v) is 9.53. The molecule has 1 amide bonds. The van der Waals surface area contributed by atoms with E-state index in [1.54, 1.807) is 6.07 Å². The number of nitrogens with zero attached hydrogens (tertiary/aromatic N) is 2. The van der Waals surface area contributed by atoms with Gasteiger partial charge in [0.25, 0.3) is 0 Å². The van der Waals surface area contributed by atoms with Crippen LogP contribution < -0.4 is 16.8 Å². The van der Waals surface area contributed by atoms with Crippen molar-refractivity contribution in [3.8, 4) is 0 Å². The first-order valence-electron chi connectivity index (χ1n) is 5.19. The van der Waals surface area contributed by atoms with Gasteiger partial charge in [-0.05, 0) is 6.92 Å². The molecule has 0 bridgehead atoms. The Morgan fingerprint density at radius 2 is 2.25 bits per heavy atom. The fraction of sp³-hybridized carbons (Fsp3) is 0.500. The van der Waals surface area contributed by atoms with Gasteiger partial charge in [0.2, 0.25) is 5.91 Å². The van der Waals surface area contributed by atoms with E-state index in [1.165, 1.54) is 0 Å². The highest BCUT2D eigenvalue weighted by Gasteiger charge is 2.08. The van der Waals surface area contributed by atoms with Gasteiger partial charge >= 0.3 is 0 Å². The minimum Gasteiger partial charge on any atom is -0.384 e. The van der Waals surface area contributed by atoms with Gasteiger partial charge in [0.15, 0.2) is 0 Å². The molecule has 0 spiro atoms. The van der Waals surface area contributed by atoms with Crippen LogP contribution in [0.2, 0.25) is 0 Å². The van der Waals surface area contributed by atoms with Gasteiger partial charge < -0.3 is 16.8 Å². The number of nitrogens with one attached hydrogen (secondary N) is 1. The molecule has 0 aromatic carbocycles. The first kappa shape index (κ1) is 12.2. The third-order valence-corrected chi connectivity index (χ3v) is 2.01. The Morgan fingerprint density at radius 3 is 2.81 bits per heavy atom. The molecule has 1 rings (SSSR count). The highest BCUT2D eigenvalue weighted by molar-refractivity contribution is 5.74. The molecule has 16 heavy (non-hydrogen) atoms. The van der Waals surface area contributed by atoms with E-state index in [2.05, 4.69) is 15.3 Å². The van der Waals surface area contributed by atoms with Gasteiger partial charge in [-0.15, -0.1) is 0 Å². The number of aromatic nitrogens is 2. The number of anilines is 2. The van der Waals surface area contributed by atoms with Gasteiger partial charge in [-0.2, -0.15) is 0 Å². The summed E-state index contributed by atoms with van der Waals surface area (Å²) in [7, 11) is 0. The molecule has 0 aliphatic rings. The number of amides is 1. The lowest BCUT2D eigenvalue weighted by molar-refractivity contribution is -0.118. The Kier molecular flexibility index (Phi) is 4.04. The summed E-state index contributed by atoms with van der Waals surface area (Å²) >= 11 is 0. The van der Waals surface area contributed by atoms with Crippen molar-refractivity contribution < 1.29 is 4.79 Å². The van der Waals surface area contributed by atoms with Crippen LogP contribution in [-0.2, 0) is 11.2 Å². The summed E-state index contributed by atoms with van der Waals surface area (Å²) in [6, 6.07) is 1.56. The Labute approximate surface area is 94.5 Å². The zero-order valence-electron chi connectivity index (χ0n) is 9.53. The highest BCUT2D eigenvalue weighted by atomic mass is 16.1. The van der Waals surface area contributed by atoms with Crippen molar-refractivity contribution in [2.45, 2.75) is 32.7 Å². The van der Waals surface area contributed by atoms with E-state index in [9.17, 15) is 4.79 Å². The normalized spacial score (nSPS) is 12.1. The molecule has 5 N–H and O–H groups in total. The minimum absolute atomic E-state index is 0.0727. The molecule has 6 nitrogen and oxygen atoms in total. The summed E-state index contributed by atoms with van der Waals surface area (Å²) < 4.78 is 0. The van der Waals surface area contributed by atoms with E-state index < -0.39 is 0 Å². The second-order valence-electron chi connectivity index (χ2n) is 3.66. The monoisotopic (exact) mass is 223 g/mol. The average molecular weight is 223 g/mol. The molecular weight excluding hydrogens is 206 g/mol. The predicted molar refractivity (Wildman–Crippen MR) is 62.7 cm³/mol. The number of nitrogens with two attached hydrogens (primary N) is 2. The van der Waals surface area contributed by atoms with Crippen LogP contribution in [0.3, 0.4) is 0 Å². The van der Waals surface area contributed by atoms with Crippen molar-refractivity contribution in [3.63, 3.8) is 0 Å². The van der Waals surface area contributed by atoms with Gasteiger partial charge in [-0.25, -0.2) is 9.97 Å². The van der Waals surface area contributed by atoms with E-state index in [1.807, 2.05) is 13.8 Å². The second kappa shape index (κ2) is 5.29. The Bertz CT molecular complexity index is 379. The molecule has 1 unspecified atom stereocenters. The molecule has 1 atom stereocenters. The van der Waals surface area contributed by atoms with Crippen LogP contribution >= 0.6 is 0 Å². The maximum Gasteiger partial charge on any atom is 0.219 e. The fourth-order valence-electron chi connectivity index (χ4n) is 1.36. The summed E-state index contributed by atoms with van der Waals surface area (Å²) in [5, 5.41) is 3.06. The lowest BCUT2D eigenvalue weighted by Crippen LogP contribution is -2.24. The summed E-state index contributed by atoms with van der Waals surface area (Å²) in [5.41, 5.74) is 10.7. The molecule has 0 aliphatic carbocycles. The molecule has 0 radical (unpaired) electrons. The van der Waals surface area contributed by atoms with Crippen molar-refractivity contribution in [1.82, 2.24) is 9.97 Å². The molecular formula is C10H17N5O. The van der Waals surface area contributed by atoms with Crippen LogP contribution in [0.4, 0.5) is 11.6 Å². The van der Waals surface area contributed by atoms with Gasteiger partial charge in [0.1, 0.15) is 17.5 Å². The van der Waals surface area contributed by atoms with E-state index >= 15 is 0 Å². The minimum atomic E-state index is -0.349. The highest BCUT2D eigenvalue weighted by Crippen LogP contribution is 2.10. The number of hydrogen-bond acceptors (Lipinski definition) is 5. The van der Waals surface area contributed by atoms with Gasteiger partial charge in [-0.3, -0.25) is 4.79 Å². The van der Waals surface area contributed by atoms with Crippen LogP contribution in [0.15, 0.2) is 6.07 Å². The molecule has 0 aliphatic heterocycles. The van der Waals surface area contributed by atoms with Crippen LogP contribution in [0.5, 0.6) is 0 Å². The maximum absolute atomic E-state index is 10.7. The molecule has 0 fully saturated rings. The molecule has 1 heterocycles. The number of carbonyl (C=O) groups is 1. The van der Waals surface area contributed by atoms with Crippen LogP contribution in [-0.4, -0.2) is 21.9 Å². The zero-order chi connectivity index (χ0) is 12.1. The summed E-state index contributed by atoms with van der Waals surface area (Å²) in [4.78, 5) is 19.0. The predicted octanol–water partition coefficient (Wildman–Crippen LogP) is 0.297. The van der Waals surface area contributed by atoms with Crippen LogP contribution in [0, 0.1) is 0 Å². The standard InChI is InChI=1S/C10H17N5O/c1-3-9-14-7(11)5-10(15-9)13-6(2)4-8(12)16/h5-6H,3-4H2,1-2H3,(H2,12,16)(H3,11,13,14,15). The van der Waals surface area contributed by atoms with Gasteiger partial charge in [0.05, 0.1) is 0 Å². The first-order valence-corrected chi connectivity index (χ1v) is 5.19. The lowest BCUT2D eigenvalue weighted by atomic mass is 10.2. The third kappa shape index (κ3) is 3.72. The SMILES string of the molecule is CCc1nc(N)cc(NC(C)CC(N)=O)n1. The van der Waals surface area contributed by atoms with E-state index in [-0.39, 0.29) is 18.4 Å². The van der Waals surface area contributed by atoms with Crippen molar-refractivity contribution in [2.75, 3.05) is 11.1 Å². The first-order chi connectivity index (χ1) is 7.51. The quantitative estimate of drug-likeness (QED) is 0.665. The van der Waals surface area contributed by atoms with E-state index in [4.69, 9.17) is 11.5 Å². The number of carbonyl (C=O) groups excluding carboxylic acids is 1. The van der Waals surface area contributed by atoms with Crippen molar-refractivity contribution in [3.05, 3.63) is 11.9 Å². The fourth-order valence-corrected chi connectivity index (χ4v) is 1.36. The Balaban J connectivity index is 2.72. The molecule has 1 aromatic heterocycles. The number of nitrogen functional groups attached to an aromatic ring is 1. The van der Waals surface area contributed by atoms with Gasteiger partial charge in [-0.1, -0.05) is 6.92 Å². The third-order valence-electron chi connectivity index (χ3n) is 2.01. The summed E-state index contributed by atoms with van der Waals surface area (Å²) in [6.07, 6.45) is 0.968. The van der Waals surface area contributed by atoms with Crippen molar-refractivity contribution >= 4 is 17.5 Å². The van der Waals surface area contributed by atoms with E-state index in [0.29, 0.717) is 23.9 Å². The Hall–Kier alpha value is -1.85. The number of aryl methyl sites for hydroxylation is 1. The lowest BCUT2D eigenvalue weighted by Gasteiger charge is -2.13. The smallest absolute Gasteiger partial charge is 0.219 e. The topological polar surface area (TPSA) is 107 Å². The largest absolute Gasteiger partial charge is 0.384 e. The van der Waals surface area contributed by atoms with E-state index in [0.717, 1.165) is 0 Å². The molecule has 6 heteroatoms. The molecule has 88 valence electrons. The van der Waals surface area contributed by atoms with Crippen molar-refractivity contribution in [1.29, 1.82) is 0 Å². The molecule has 1 aromatic rings. The number of hydrogen-bond donors (Lipinski definition) is 3. The van der Waals surface area contributed by atoms with Crippen molar-refractivity contribution in [2.24, 2.45) is 5.73 Å². The number of rotatable bonds is 5. The second-order valence-corrected chi connectivity index (χ2v) is 3.66. The summed E-state index contributed by atoms with van der Waals surface area (Å²) in [6.45, 7) is 3.81. The molecule has 0 saturated heterocycles. The molecule has 0 saturated carbocycles. The summed E-state index contributed by atoms with van der Waals surface area (Å²) in [5.74, 6) is 1.37. The van der Waals surface area contributed by atoms with Crippen LogP contribution in [0.1, 0.15) is 26.1 Å². The van der Waals surface area contributed by atoms with Gasteiger partial charge in [0, 0.05) is 24.9 Å². The number of primary amides is 1. The van der Waals surface area contributed by atoms with Crippen LogP contribution in [0.25, 0.3) is 0 Å².